The Labute approximate surface area is 268 Å². The summed E-state index contributed by atoms with van der Waals surface area (Å²) < 4.78 is 10.6. The SMILES string of the molecule is CCOC(=O)c1ccc(NC(=O)COc2ccc([C@@H]3c4sc(=O)[nH]c4S[C@H]4C(=O)N(c5ccc([N+](=O)[O-])cc5)C(=O)[C@@H]34)cc2)cc1. The fraction of sp³-hybridized carbons (Fsp3) is 0.194. The van der Waals surface area contributed by atoms with Gasteiger partial charge in [-0.25, -0.2) is 9.69 Å². The van der Waals surface area contributed by atoms with E-state index in [4.69, 9.17) is 9.47 Å². The first-order chi connectivity index (χ1) is 22.1. The van der Waals surface area contributed by atoms with Crippen molar-refractivity contribution in [1.29, 1.82) is 0 Å². The van der Waals surface area contributed by atoms with Gasteiger partial charge in [0.25, 0.3) is 11.6 Å². The smallest absolute Gasteiger partial charge is 0.338 e. The van der Waals surface area contributed by atoms with E-state index < -0.39 is 45.7 Å². The number of non-ortho nitro benzene ring substituents is 1. The van der Waals surface area contributed by atoms with Gasteiger partial charge in [-0.2, -0.15) is 0 Å². The molecule has 0 radical (unpaired) electrons. The maximum absolute atomic E-state index is 13.8. The highest BCUT2D eigenvalue weighted by molar-refractivity contribution is 8.00. The number of nitrogens with zero attached hydrogens (tertiary/aromatic N) is 2. The van der Waals surface area contributed by atoms with Crippen LogP contribution in [0, 0.1) is 16.0 Å². The predicted octanol–water partition coefficient (Wildman–Crippen LogP) is 4.33. The van der Waals surface area contributed by atoms with E-state index in [9.17, 15) is 34.1 Å². The first-order valence-electron chi connectivity index (χ1n) is 14.0. The third kappa shape index (κ3) is 5.89. The van der Waals surface area contributed by atoms with Crippen molar-refractivity contribution in [3.05, 3.63) is 109 Å². The first kappa shape index (κ1) is 30.7. The number of aromatic nitrogens is 1. The maximum atomic E-state index is 13.8. The molecule has 15 heteroatoms. The number of benzene rings is 3. The standard InChI is InChI=1S/C31H24N4O9S2/c1-2-43-30(39)17-3-7-18(8-4-17)32-22(36)15-44-21-13-5-16(6-14-21)23-24-26(45-27-25(23)46-31(40)33-27)29(38)34(28(24)37)19-9-11-20(12-10-19)35(41)42/h3-14,23-24,26H,2,15H2,1H3,(H,32,36)(H,33,40)/t23-,24-,26+/m0/s1. The summed E-state index contributed by atoms with van der Waals surface area (Å²) >= 11 is 2.10. The summed E-state index contributed by atoms with van der Waals surface area (Å²) in [4.78, 5) is 78.7. The molecule has 2 aliphatic rings. The minimum Gasteiger partial charge on any atom is -0.484 e. The number of hydrogen-bond acceptors (Lipinski definition) is 11. The maximum Gasteiger partial charge on any atom is 0.338 e. The molecule has 3 aromatic carbocycles. The van der Waals surface area contributed by atoms with Gasteiger partial charge in [-0.05, 0) is 61.0 Å². The lowest BCUT2D eigenvalue weighted by Crippen LogP contribution is -2.32. The lowest BCUT2D eigenvalue weighted by atomic mass is 9.83. The number of hydrogen-bond donors (Lipinski definition) is 2. The van der Waals surface area contributed by atoms with Crippen LogP contribution in [-0.4, -0.2) is 52.1 Å². The Balaban J connectivity index is 1.18. The molecule has 3 amide bonds. The van der Waals surface area contributed by atoms with Gasteiger partial charge in [0.2, 0.25) is 11.8 Å². The van der Waals surface area contributed by atoms with Crippen molar-refractivity contribution in [2.75, 3.05) is 23.4 Å². The summed E-state index contributed by atoms with van der Waals surface area (Å²) in [6, 6.07) is 18.2. The second kappa shape index (κ2) is 12.6. The van der Waals surface area contributed by atoms with E-state index in [0.29, 0.717) is 32.5 Å². The van der Waals surface area contributed by atoms with Gasteiger partial charge in [-0.3, -0.25) is 29.3 Å². The monoisotopic (exact) mass is 660 g/mol. The van der Waals surface area contributed by atoms with Gasteiger partial charge in [0.05, 0.1) is 33.7 Å². The molecular formula is C31H24N4O9S2. The molecule has 3 atom stereocenters. The average Bonchev–Trinajstić information content (AvgIpc) is 3.54. The highest BCUT2D eigenvalue weighted by atomic mass is 32.2. The molecule has 2 N–H and O–H groups in total. The first-order valence-corrected chi connectivity index (χ1v) is 15.7. The molecular weight excluding hydrogens is 636 g/mol. The molecule has 0 saturated carbocycles. The number of nitro groups is 1. The molecule has 6 rings (SSSR count). The number of carbonyl (C=O) groups excluding carboxylic acids is 4. The lowest BCUT2D eigenvalue weighted by molar-refractivity contribution is -0.384. The number of nitro benzene ring substituents is 1. The molecule has 3 heterocycles. The number of H-pyrrole nitrogens is 1. The van der Waals surface area contributed by atoms with Crippen LogP contribution in [0.3, 0.4) is 0 Å². The van der Waals surface area contributed by atoms with E-state index in [0.717, 1.165) is 28.0 Å². The van der Waals surface area contributed by atoms with Crippen LogP contribution in [-0.2, 0) is 19.1 Å². The van der Waals surface area contributed by atoms with Crippen LogP contribution < -0.4 is 19.8 Å². The predicted molar refractivity (Wildman–Crippen MR) is 168 cm³/mol. The number of esters is 1. The molecule has 0 spiro atoms. The Bertz CT molecular complexity index is 1900. The average molecular weight is 661 g/mol. The van der Waals surface area contributed by atoms with Crippen LogP contribution in [0.25, 0.3) is 0 Å². The minimum absolute atomic E-state index is 0.170. The largest absolute Gasteiger partial charge is 0.484 e. The molecule has 234 valence electrons. The van der Waals surface area contributed by atoms with Gasteiger partial charge < -0.3 is 19.8 Å². The van der Waals surface area contributed by atoms with E-state index in [1.54, 1.807) is 55.5 Å². The fourth-order valence-electron chi connectivity index (χ4n) is 5.38. The number of fused-ring (bicyclic) bond motifs is 2. The van der Waals surface area contributed by atoms with Crippen molar-refractivity contribution in [2.45, 2.75) is 23.1 Å². The van der Waals surface area contributed by atoms with Crippen LogP contribution >= 0.6 is 23.1 Å². The summed E-state index contributed by atoms with van der Waals surface area (Å²) in [7, 11) is 0. The van der Waals surface area contributed by atoms with E-state index in [2.05, 4.69) is 10.3 Å². The van der Waals surface area contributed by atoms with Crippen LogP contribution in [0.1, 0.15) is 33.6 Å². The number of anilines is 2. The molecule has 13 nitrogen and oxygen atoms in total. The Morgan fingerprint density at radius 3 is 2.33 bits per heavy atom. The minimum atomic E-state index is -0.834. The molecule has 0 aliphatic carbocycles. The summed E-state index contributed by atoms with van der Waals surface area (Å²) in [5, 5.41) is 13.5. The molecule has 1 saturated heterocycles. The zero-order chi connectivity index (χ0) is 32.5. The number of aromatic amines is 1. The van der Waals surface area contributed by atoms with E-state index >= 15 is 0 Å². The van der Waals surface area contributed by atoms with Crippen molar-refractivity contribution >= 4 is 63.9 Å². The van der Waals surface area contributed by atoms with Crippen molar-refractivity contribution in [3.8, 4) is 5.75 Å². The second-order valence-electron chi connectivity index (χ2n) is 10.2. The Hall–Kier alpha value is -5.28. The fourth-order valence-corrected chi connectivity index (χ4v) is 7.89. The van der Waals surface area contributed by atoms with Gasteiger partial charge in [0.15, 0.2) is 6.61 Å². The summed E-state index contributed by atoms with van der Waals surface area (Å²) in [5.41, 5.74) is 1.55. The number of amides is 3. The Morgan fingerprint density at radius 1 is 0.978 bits per heavy atom. The Morgan fingerprint density at radius 2 is 1.67 bits per heavy atom. The molecule has 0 bridgehead atoms. The summed E-state index contributed by atoms with van der Waals surface area (Å²) in [6.07, 6.45) is 0. The van der Waals surface area contributed by atoms with Gasteiger partial charge >= 0.3 is 10.8 Å². The Kier molecular flexibility index (Phi) is 8.42. The molecule has 1 aromatic heterocycles. The van der Waals surface area contributed by atoms with Crippen LogP contribution in [0.5, 0.6) is 5.75 Å². The number of thiazole rings is 1. The lowest BCUT2D eigenvalue weighted by Gasteiger charge is -2.29. The van der Waals surface area contributed by atoms with E-state index in [1.807, 2.05) is 0 Å². The topological polar surface area (TPSA) is 178 Å². The third-order valence-electron chi connectivity index (χ3n) is 7.43. The van der Waals surface area contributed by atoms with Crippen molar-refractivity contribution in [1.82, 2.24) is 4.98 Å². The number of thioether (sulfide) groups is 1. The molecule has 2 aliphatic heterocycles. The molecule has 46 heavy (non-hydrogen) atoms. The van der Waals surface area contributed by atoms with Crippen molar-refractivity contribution < 1.29 is 33.6 Å². The summed E-state index contributed by atoms with van der Waals surface area (Å²) in [6.45, 7) is 1.67. The zero-order valence-corrected chi connectivity index (χ0v) is 25.6. The van der Waals surface area contributed by atoms with Gasteiger partial charge in [0, 0.05) is 28.6 Å². The van der Waals surface area contributed by atoms with Crippen LogP contribution in [0.15, 0.2) is 82.6 Å². The second-order valence-corrected chi connectivity index (χ2v) is 12.4. The zero-order valence-electron chi connectivity index (χ0n) is 24.0. The van der Waals surface area contributed by atoms with Crippen molar-refractivity contribution in [3.63, 3.8) is 0 Å². The molecule has 0 unspecified atom stereocenters. The quantitative estimate of drug-likeness (QED) is 0.114. The number of imide groups is 1. The van der Waals surface area contributed by atoms with Gasteiger partial charge in [-0.15, -0.1) is 0 Å². The normalized spacial score (nSPS) is 18.5. The molecule has 1 fully saturated rings. The number of nitrogens with one attached hydrogen (secondary N) is 2. The third-order valence-corrected chi connectivity index (χ3v) is 9.83. The van der Waals surface area contributed by atoms with Crippen molar-refractivity contribution in [2.24, 2.45) is 5.92 Å². The number of rotatable bonds is 9. The molecule has 4 aromatic rings. The highest BCUT2D eigenvalue weighted by Gasteiger charge is 2.56. The number of carbonyl (C=O) groups is 4. The summed E-state index contributed by atoms with van der Waals surface area (Å²) in [5.74, 6) is -2.91. The van der Waals surface area contributed by atoms with Gasteiger partial charge in [0.1, 0.15) is 11.0 Å². The van der Waals surface area contributed by atoms with Gasteiger partial charge in [-0.1, -0.05) is 35.2 Å². The number of ether oxygens (including phenoxy) is 2. The van der Waals surface area contributed by atoms with Crippen LogP contribution in [0.4, 0.5) is 17.1 Å². The van der Waals surface area contributed by atoms with E-state index in [-0.39, 0.29) is 29.5 Å². The highest BCUT2D eigenvalue weighted by Crippen LogP contribution is 2.53. The van der Waals surface area contributed by atoms with E-state index in [1.165, 1.54) is 24.3 Å². The van der Waals surface area contributed by atoms with Crippen LogP contribution in [0.2, 0.25) is 0 Å².